The fraction of sp³-hybridized carbons (Fsp3) is 0.545. The molecule has 1 aromatic rings. The molecule has 1 aromatic carbocycles. The maximum Gasteiger partial charge on any atom is 2.00 e. The van der Waals surface area contributed by atoms with Crippen LogP contribution in [0.4, 0.5) is 0 Å². The summed E-state index contributed by atoms with van der Waals surface area (Å²) in [5, 5.41) is 0. The smallest absolute Gasteiger partial charge is 0.207 e. The molecular formula is C11H15Ti+. The van der Waals surface area contributed by atoms with Gasteiger partial charge in [-0.2, -0.15) is 22.8 Å². The van der Waals surface area contributed by atoms with Crippen LogP contribution in [-0.2, 0) is 41.0 Å². The Balaban J connectivity index is 0.000000720. The molecule has 0 nitrogen and oxygen atoms in total. The fourth-order valence-electron chi connectivity index (χ4n) is 1.98. The Morgan fingerprint density at radius 3 is 2.75 bits per heavy atom. The van der Waals surface area contributed by atoms with Crippen LogP contribution in [0.15, 0.2) is 12.1 Å². The summed E-state index contributed by atoms with van der Waals surface area (Å²) in [7, 11) is 0. The van der Waals surface area contributed by atoms with Crippen molar-refractivity contribution in [2.45, 2.75) is 39.0 Å². The zero-order valence-electron chi connectivity index (χ0n) is 7.69. The average molecular weight is 195 g/mol. The van der Waals surface area contributed by atoms with Gasteiger partial charge in [-0.1, -0.05) is 39.0 Å². The Kier molecular flexibility index (Phi) is 3.67. The topological polar surface area (TPSA) is 0 Å². The molecule has 1 heteroatoms. The van der Waals surface area contributed by atoms with Crippen molar-refractivity contribution in [3.05, 3.63) is 28.8 Å². The summed E-state index contributed by atoms with van der Waals surface area (Å²) in [5.74, 6) is 0. The summed E-state index contributed by atoms with van der Waals surface area (Å²) in [6.45, 7) is 2.24. The van der Waals surface area contributed by atoms with Gasteiger partial charge in [0.15, 0.2) is 0 Å². The van der Waals surface area contributed by atoms with Crippen molar-refractivity contribution < 1.29 is 21.7 Å². The molecule has 0 saturated heterocycles. The minimum absolute atomic E-state index is 0. The number of hydrogen-bond acceptors (Lipinski definition) is 0. The van der Waals surface area contributed by atoms with Crippen LogP contribution < -0.4 is 0 Å². The maximum absolute atomic E-state index is 2.40. The average Bonchev–Trinajstić information content (AvgIpc) is 2.46. The number of hydrogen-bond donors (Lipinski definition) is 0. The summed E-state index contributed by atoms with van der Waals surface area (Å²) in [6, 6.07) is 4.79. The molecule has 0 fully saturated rings. The van der Waals surface area contributed by atoms with Gasteiger partial charge in [0, 0.05) is 0 Å². The Labute approximate surface area is 89.6 Å². The number of fused-ring (bicyclic) bond motifs is 1. The molecule has 2 rings (SSSR count). The normalized spacial score (nSPS) is 15.1. The van der Waals surface area contributed by atoms with Gasteiger partial charge in [-0.05, 0) is 0 Å². The first-order chi connectivity index (χ1) is 5.40. The molecule has 62 valence electrons. The molecule has 0 spiro atoms. The van der Waals surface area contributed by atoms with Gasteiger partial charge in [0.25, 0.3) is 0 Å². The maximum atomic E-state index is 2.40. The Morgan fingerprint density at radius 2 is 2.08 bits per heavy atom. The van der Waals surface area contributed by atoms with Gasteiger partial charge < -0.3 is 0 Å². The van der Waals surface area contributed by atoms with Crippen molar-refractivity contribution in [3.8, 4) is 0 Å². The molecule has 12 heavy (non-hydrogen) atoms. The van der Waals surface area contributed by atoms with E-state index in [4.69, 9.17) is 0 Å². The molecule has 0 aliphatic heterocycles. The molecule has 0 saturated carbocycles. The van der Waals surface area contributed by atoms with Crippen molar-refractivity contribution in [2.24, 2.45) is 0 Å². The fourth-order valence-corrected chi connectivity index (χ4v) is 1.98. The van der Waals surface area contributed by atoms with Crippen LogP contribution in [-0.4, -0.2) is 0 Å². The summed E-state index contributed by atoms with van der Waals surface area (Å²) >= 11 is 0. The molecule has 0 bridgehead atoms. The monoisotopic (exact) mass is 195 g/mol. The summed E-state index contributed by atoms with van der Waals surface area (Å²) < 4.78 is 0. The second-order valence-corrected chi connectivity index (χ2v) is 3.47. The summed E-state index contributed by atoms with van der Waals surface area (Å²) in [5.41, 5.74) is 4.80. The molecule has 0 aromatic heterocycles. The Morgan fingerprint density at radius 1 is 1.33 bits per heavy atom. The van der Waals surface area contributed by atoms with Crippen LogP contribution in [0.3, 0.4) is 0 Å². The Hall–Kier alpha value is 0.0643. The number of rotatable bonds is 1. The first kappa shape index (κ1) is 10.1. The van der Waals surface area contributed by atoms with Gasteiger partial charge in [-0.25, -0.2) is 6.07 Å². The van der Waals surface area contributed by atoms with Crippen molar-refractivity contribution in [1.82, 2.24) is 0 Å². The molecule has 1 aliphatic carbocycles. The van der Waals surface area contributed by atoms with E-state index >= 15 is 0 Å². The third-order valence-electron chi connectivity index (χ3n) is 2.68. The van der Waals surface area contributed by atoms with Crippen molar-refractivity contribution in [3.63, 3.8) is 0 Å². The van der Waals surface area contributed by atoms with E-state index in [1.54, 1.807) is 11.1 Å². The summed E-state index contributed by atoms with van der Waals surface area (Å²) in [4.78, 5) is 0. The molecule has 0 radical (unpaired) electrons. The zero-order chi connectivity index (χ0) is 7.68. The first-order valence-electron chi connectivity index (χ1n) is 4.67. The van der Waals surface area contributed by atoms with Crippen LogP contribution >= 0.6 is 0 Å². The van der Waals surface area contributed by atoms with Crippen LogP contribution in [0, 0.1) is 0 Å². The zero-order valence-corrected chi connectivity index (χ0v) is 9.25. The minimum atomic E-state index is 0. The SMILES string of the molecule is CCc1cc2c([cH-]1)CCCC2.[Ti+2]. The van der Waals surface area contributed by atoms with Crippen LogP contribution in [0.1, 0.15) is 36.5 Å². The van der Waals surface area contributed by atoms with E-state index in [9.17, 15) is 0 Å². The second-order valence-electron chi connectivity index (χ2n) is 3.47. The van der Waals surface area contributed by atoms with Gasteiger partial charge in [0.1, 0.15) is 0 Å². The molecule has 0 N–H and O–H groups in total. The predicted octanol–water partition coefficient (Wildman–Crippen LogP) is 2.84. The van der Waals surface area contributed by atoms with Crippen molar-refractivity contribution >= 4 is 0 Å². The van der Waals surface area contributed by atoms with Crippen molar-refractivity contribution in [1.29, 1.82) is 0 Å². The van der Waals surface area contributed by atoms with Crippen LogP contribution in [0.25, 0.3) is 0 Å². The van der Waals surface area contributed by atoms with E-state index in [0.717, 1.165) is 0 Å². The molecular weight excluding hydrogens is 180 g/mol. The molecule has 1 aliphatic rings. The van der Waals surface area contributed by atoms with E-state index in [-0.39, 0.29) is 21.7 Å². The third-order valence-corrected chi connectivity index (χ3v) is 2.68. The summed E-state index contributed by atoms with van der Waals surface area (Å²) in [6.07, 6.45) is 6.66. The molecule has 0 unspecified atom stereocenters. The third kappa shape index (κ3) is 1.86. The van der Waals surface area contributed by atoms with Gasteiger partial charge in [0.05, 0.1) is 0 Å². The largest absolute Gasteiger partial charge is 2.00 e. The quantitative estimate of drug-likeness (QED) is 0.477. The van der Waals surface area contributed by atoms with Crippen LogP contribution in [0.2, 0.25) is 0 Å². The minimum Gasteiger partial charge on any atom is -0.207 e. The van der Waals surface area contributed by atoms with Gasteiger partial charge in [-0.15, -0.1) is 0 Å². The van der Waals surface area contributed by atoms with E-state index in [1.807, 2.05) is 0 Å². The predicted molar refractivity (Wildman–Crippen MR) is 48.1 cm³/mol. The van der Waals surface area contributed by atoms with E-state index < -0.39 is 0 Å². The standard InChI is InChI=1S/C11H15.Ti/c1-2-9-7-10-5-3-4-6-11(10)8-9;/h7-8H,2-6H2,1H3;/q-1;+2. The van der Waals surface area contributed by atoms with Crippen LogP contribution in [0.5, 0.6) is 0 Å². The van der Waals surface area contributed by atoms with Crippen molar-refractivity contribution in [2.75, 3.05) is 0 Å². The van der Waals surface area contributed by atoms with E-state index in [1.165, 1.54) is 37.7 Å². The molecule has 0 atom stereocenters. The van der Waals surface area contributed by atoms with E-state index in [2.05, 4.69) is 19.1 Å². The first-order valence-corrected chi connectivity index (χ1v) is 4.67. The van der Waals surface area contributed by atoms with E-state index in [0.29, 0.717) is 0 Å². The molecule has 0 amide bonds. The molecule has 0 heterocycles. The van der Waals surface area contributed by atoms with Gasteiger partial charge >= 0.3 is 21.7 Å². The second kappa shape index (κ2) is 4.34. The number of aryl methyl sites for hydroxylation is 3. The van der Waals surface area contributed by atoms with Gasteiger partial charge in [0.2, 0.25) is 0 Å². The van der Waals surface area contributed by atoms with Gasteiger partial charge in [-0.3, -0.25) is 0 Å². The Bertz CT molecular complexity index is 224.